The van der Waals surface area contributed by atoms with Crippen LogP contribution in [0, 0.1) is 0 Å². The van der Waals surface area contributed by atoms with Crippen molar-refractivity contribution in [1.29, 1.82) is 0 Å². The number of aliphatic carboxylic acids is 1. The minimum atomic E-state index is -0.909. The number of nitrogens with zero attached hydrogens (tertiary/aromatic N) is 28. The second-order valence-electron chi connectivity index (χ2n) is 25.2. The maximum absolute atomic E-state index is 11.4. The Bertz CT molecular complexity index is 5530. The number of aliphatic hydroxyl groups is 1. The van der Waals surface area contributed by atoms with Crippen LogP contribution in [0.1, 0.15) is 103 Å². The Morgan fingerprint density at radius 1 is 0.427 bits per heavy atom. The zero-order valence-corrected chi connectivity index (χ0v) is 58.3. The Morgan fingerprint density at radius 3 is 1.13 bits per heavy atom. The van der Waals surface area contributed by atoms with Crippen LogP contribution in [0.5, 0.6) is 0 Å². The predicted molar refractivity (Wildman–Crippen MR) is 382 cm³/mol. The minimum absolute atomic E-state index is 0.0313. The van der Waals surface area contributed by atoms with E-state index in [0.717, 1.165) is 113 Å². The molecule has 16 aromatic heterocycles. The number of fused-ring (bicyclic) bond motifs is 4. The van der Waals surface area contributed by atoms with Crippen LogP contribution in [-0.4, -0.2) is 166 Å². The second-order valence-corrected chi connectivity index (χ2v) is 25.2. The molecule has 1 fully saturated rings. The molecule has 103 heavy (non-hydrogen) atoms. The van der Waals surface area contributed by atoms with Crippen molar-refractivity contribution in [3.63, 3.8) is 0 Å². The average Bonchev–Trinajstić information content (AvgIpc) is 1.68. The van der Waals surface area contributed by atoms with E-state index in [0.29, 0.717) is 24.8 Å². The van der Waals surface area contributed by atoms with Gasteiger partial charge in [0.2, 0.25) is 0 Å². The molecule has 0 aliphatic heterocycles. The summed E-state index contributed by atoms with van der Waals surface area (Å²) in [7, 11) is 7.52. The fourth-order valence-electron chi connectivity index (χ4n) is 12.7. The quantitative estimate of drug-likeness (QED) is 0.0754. The minimum Gasteiger partial charge on any atom is -0.480 e. The van der Waals surface area contributed by atoms with Crippen molar-refractivity contribution in [2.75, 3.05) is 13.2 Å². The van der Waals surface area contributed by atoms with Crippen molar-refractivity contribution >= 4 is 28.0 Å². The van der Waals surface area contributed by atoms with Gasteiger partial charge in [-0.2, -0.15) is 61.2 Å². The normalized spacial score (nSPS) is 13.6. The summed E-state index contributed by atoms with van der Waals surface area (Å²) in [5.41, 5.74) is 17.4. The Hall–Kier alpha value is -12.5. The monoisotopic (exact) mass is 1390 g/mol. The summed E-state index contributed by atoms with van der Waals surface area (Å²) in [5.74, 6) is -0.909. The van der Waals surface area contributed by atoms with Crippen LogP contribution in [0.15, 0.2) is 173 Å². The fraction of sp³-hybridized carbons (Fsp3) is 0.310. The van der Waals surface area contributed by atoms with E-state index in [9.17, 15) is 15.0 Å². The van der Waals surface area contributed by atoms with E-state index in [2.05, 4.69) is 72.1 Å². The fourth-order valence-corrected chi connectivity index (χ4v) is 12.7. The van der Waals surface area contributed by atoms with Crippen LogP contribution in [0.4, 0.5) is 0 Å². The molecule has 0 spiro atoms. The van der Waals surface area contributed by atoms with Crippen LogP contribution in [0.3, 0.4) is 0 Å². The van der Waals surface area contributed by atoms with Crippen LogP contribution < -0.4 is 0 Å². The number of aliphatic hydroxyl groups excluding tert-OH is 1. The predicted octanol–water partition coefficient (Wildman–Crippen LogP) is 10.4. The van der Waals surface area contributed by atoms with Gasteiger partial charge in [0.15, 0.2) is 0 Å². The van der Waals surface area contributed by atoms with Gasteiger partial charge in [-0.05, 0) is 63.8 Å². The number of hydrogen-bond acceptors (Lipinski definition) is 19. The molecule has 0 amide bonds. The summed E-state index contributed by atoms with van der Waals surface area (Å²) in [6.45, 7) is 8.47. The van der Waals surface area contributed by atoms with Crippen LogP contribution in [-0.2, 0) is 37.7 Å². The number of rotatable bonds is 18. The number of ether oxygens (including phenoxy) is 1. The highest BCUT2D eigenvalue weighted by Gasteiger charge is 2.23. The van der Waals surface area contributed by atoms with Gasteiger partial charge < -0.3 is 14.9 Å². The highest BCUT2D eigenvalue weighted by Crippen LogP contribution is 2.34. The zero-order valence-electron chi connectivity index (χ0n) is 58.3. The Kier molecular flexibility index (Phi) is 19.6. The van der Waals surface area contributed by atoms with Gasteiger partial charge in [0.1, 0.15) is 12.3 Å². The van der Waals surface area contributed by atoms with E-state index in [1.165, 1.54) is 43.2 Å². The Balaban J connectivity index is 0.000000116. The Labute approximate surface area is 589 Å². The first-order valence-corrected chi connectivity index (χ1v) is 34.2. The van der Waals surface area contributed by atoms with Crippen molar-refractivity contribution in [3.05, 3.63) is 173 Å². The van der Waals surface area contributed by atoms with Gasteiger partial charge in [-0.1, -0.05) is 39.5 Å². The number of carboxylic acids is 1. The first-order chi connectivity index (χ1) is 50.2. The molecule has 3 atom stereocenters. The van der Waals surface area contributed by atoms with E-state index in [-0.39, 0.29) is 18.9 Å². The molecule has 1 saturated carbocycles. The number of carbonyl (C=O) groups is 1. The molecule has 32 nitrogen and oxygen atoms in total. The van der Waals surface area contributed by atoms with Crippen molar-refractivity contribution in [3.8, 4) is 90.1 Å². The molecule has 0 saturated heterocycles. The van der Waals surface area contributed by atoms with E-state index >= 15 is 0 Å². The van der Waals surface area contributed by atoms with Crippen LogP contribution in [0.25, 0.3) is 112 Å². The maximum atomic E-state index is 11.4. The molecule has 2 N–H and O–H groups in total. The molecule has 32 heteroatoms. The summed E-state index contributed by atoms with van der Waals surface area (Å²) >= 11 is 0. The summed E-state index contributed by atoms with van der Waals surface area (Å²) in [5, 5.41) is 70.9. The second kappa shape index (κ2) is 29.8. The summed E-state index contributed by atoms with van der Waals surface area (Å²) < 4.78 is 27.1. The van der Waals surface area contributed by atoms with Gasteiger partial charge in [-0.3, -0.25) is 32.8 Å². The van der Waals surface area contributed by atoms with Gasteiger partial charge in [0, 0.05) is 129 Å². The molecule has 3 unspecified atom stereocenters. The van der Waals surface area contributed by atoms with Crippen LogP contribution >= 0.6 is 0 Å². The van der Waals surface area contributed by atoms with E-state index < -0.39 is 12.0 Å². The van der Waals surface area contributed by atoms with Gasteiger partial charge in [0.05, 0.1) is 185 Å². The molecule has 16 heterocycles. The number of aryl methyl sites for hydroxylation is 4. The molecular weight excluding hydrogens is 1310 g/mol. The molecule has 1 aliphatic rings. The lowest BCUT2D eigenvalue weighted by molar-refractivity contribution is -0.141. The van der Waals surface area contributed by atoms with E-state index in [4.69, 9.17) is 24.7 Å². The lowest BCUT2D eigenvalue weighted by Gasteiger charge is -2.14. The molecule has 17 rings (SSSR count). The highest BCUT2D eigenvalue weighted by molar-refractivity contribution is 5.82. The molecule has 16 aromatic rings. The van der Waals surface area contributed by atoms with Gasteiger partial charge in [-0.25, -0.2) is 47.5 Å². The van der Waals surface area contributed by atoms with E-state index in [1.54, 1.807) is 94.6 Å². The van der Waals surface area contributed by atoms with Crippen molar-refractivity contribution < 1.29 is 19.7 Å². The third-order valence-electron chi connectivity index (χ3n) is 18.1. The van der Waals surface area contributed by atoms with Crippen LogP contribution in [0.2, 0.25) is 0 Å². The summed E-state index contributed by atoms with van der Waals surface area (Å²) in [6, 6.07) is 7.50. The van der Waals surface area contributed by atoms with Gasteiger partial charge >= 0.3 is 5.97 Å². The number of carboxylic acid groups (broad SMARTS) is 1. The lowest BCUT2D eigenvalue weighted by Crippen LogP contribution is -2.18. The molecule has 0 radical (unpaired) electrons. The van der Waals surface area contributed by atoms with E-state index in [1.807, 2.05) is 174 Å². The SMILES string of the molecule is CCC(C(=O)O)n1cc(-c2nc(-c3cnn(C)c3)cn3nccc23)cn1.CCC(CO)n1cc(-c2nc(-c3cnn(C)c3)cn3nccc23)cn1.CCOC(C)n1cc(-c2nc(-c3cnn(C)c3)cn3nccc23)cn1.Cn1cc(-c2cn3nccc3c(-c3cnn(C4CCCCCC4)c3)n2)cn1. The molecule has 0 bridgehead atoms. The van der Waals surface area contributed by atoms with Crippen molar-refractivity contribution in [2.24, 2.45) is 28.2 Å². The smallest absolute Gasteiger partial charge is 0.328 e. The Morgan fingerprint density at radius 2 is 0.777 bits per heavy atom. The van der Waals surface area contributed by atoms with Gasteiger partial charge in [-0.15, -0.1) is 0 Å². The third-order valence-corrected chi connectivity index (χ3v) is 18.1. The summed E-state index contributed by atoms with van der Waals surface area (Å²) in [6.07, 6.45) is 53.2. The maximum Gasteiger partial charge on any atom is 0.328 e. The molecule has 526 valence electrons. The van der Waals surface area contributed by atoms with Crippen molar-refractivity contribution in [1.82, 2.24) is 137 Å². The van der Waals surface area contributed by atoms with Gasteiger partial charge in [0.25, 0.3) is 0 Å². The number of hydrogen-bond donors (Lipinski definition) is 2. The number of aromatic nitrogens is 28. The van der Waals surface area contributed by atoms with Crippen molar-refractivity contribution in [2.45, 2.75) is 103 Å². The highest BCUT2D eigenvalue weighted by atomic mass is 16.5. The largest absolute Gasteiger partial charge is 0.480 e. The zero-order chi connectivity index (χ0) is 71.3. The first-order valence-electron chi connectivity index (χ1n) is 34.2. The average molecular weight is 1390 g/mol. The topological polar surface area (TPSA) is 330 Å². The molecular formula is C71H78N28O4. The lowest BCUT2D eigenvalue weighted by atomic mass is 10.1. The molecule has 1 aliphatic carbocycles. The third kappa shape index (κ3) is 14.5. The first kappa shape index (κ1) is 67.7. The molecule has 0 aromatic carbocycles. The standard InChI is InChI=1S/C20H23N7.C17H17N7O2.2C17H19N7O/c1-25-12-15(10-22-25)18-14-27-19(8-9-21-27)20(24-18)16-11-23-26(13-16)17-6-4-2-3-5-7-17;1-3-14(17(25)26)23-9-12(7-20-23)16-15-4-5-18-24(15)10-13(21-16)11-6-19-22(2)8-11;1-4-25-12(2)23-10-14(8-20-23)17-16-5-6-18-24(16)11-15(21-17)13-7-19-22(3)9-13;1-3-14(11-25)23-9-13(7-20-23)17-16-4-5-18-24(16)10-15(21-17)12-6-19-22(2)8-12/h8-14,17H,2-7H2,1H3;4-10,14H,3H2,1-2H3,(H,25,26);5-12H,4H2,1-3H3;4-10,14,25H,3,11H2,1-2H3. The summed E-state index contributed by atoms with van der Waals surface area (Å²) in [4.78, 5) is 30.7.